The molecule has 2 heterocycles. The zero-order valence-electron chi connectivity index (χ0n) is 10.5. The summed E-state index contributed by atoms with van der Waals surface area (Å²) in [6.07, 6.45) is 1.97. The summed E-state index contributed by atoms with van der Waals surface area (Å²) < 4.78 is 0. The fraction of sp³-hybridized carbons (Fsp3) is 0.231. The van der Waals surface area contributed by atoms with Crippen molar-refractivity contribution in [1.82, 2.24) is 15.3 Å². The lowest BCUT2D eigenvalue weighted by Crippen LogP contribution is -2.03. The van der Waals surface area contributed by atoms with Crippen LogP contribution in [0.1, 0.15) is 11.3 Å². The first-order chi connectivity index (χ1) is 9.26. The van der Waals surface area contributed by atoms with Gasteiger partial charge in [0.05, 0.1) is 5.69 Å². The lowest BCUT2D eigenvalue weighted by Gasteiger charge is -2.11. The molecule has 2 aromatic rings. The van der Waals surface area contributed by atoms with Gasteiger partial charge in [-0.2, -0.15) is 0 Å². The van der Waals surface area contributed by atoms with E-state index < -0.39 is 0 Å². The summed E-state index contributed by atoms with van der Waals surface area (Å²) in [6.45, 7) is 1.57. The van der Waals surface area contributed by atoms with Gasteiger partial charge in [-0.1, -0.05) is 11.8 Å². The number of rotatable bonds is 3. The summed E-state index contributed by atoms with van der Waals surface area (Å²) in [5, 5.41) is 16.6. The normalized spacial score (nSPS) is 13.3. The number of aromatic hydroxyl groups is 1. The molecule has 0 atom stereocenters. The van der Waals surface area contributed by atoms with Crippen LogP contribution in [0.2, 0.25) is 0 Å². The third kappa shape index (κ3) is 2.50. The Hall–Kier alpha value is -1.79. The fourth-order valence-corrected chi connectivity index (χ4v) is 2.41. The van der Waals surface area contributed by atoms with Crippen LogP contribution in [0.5, 0.6) is 5.75 Å². The molecule has 3 rings (SSSR count). The van der Waals surface area contributed by atoms with Crippen molar-refractivity contribution in [2.45, 2.75) is 18.2 Å². The maximum Gasteiger partial charge on any atom is 0.189 e. The van der Waals surface area contributed by atoms with Crippen LogP contribution in [0.25, 0.3) is 0 Å². The van der Waals surface area contributed by atoms with Gasteiger partial charge in [0.2, 0.25) is 0 Å². The molecule has 98 valence electrons. The van der Waals surface area contributed by atoms with E-state index in [1.165, 1.54) is 11.8 Å². The van der Waals surface area contributed by atoms with E-state index in [2.05, 4.69) is 20.6 Å². The molecule has 0 spiro atoms. The van der Waals surface area contributed by atoms with E-state index in [9.17, 15) is 5.11 Å². The molecule has 1 aliphatic heterocycles. The molecule has 1 aromatic carbocycles. The highest BCUT2D eigenvalue weighted by Crippen LogP contribution is 2.27. The minimum atomic E-state index is 0.255. The molecule has 0 fully saturated rings. The minimum Gasteiger partial charge on any atom is -0.508 e. The number of aromatic nitrogens is 2. The molecular formula is C13H14N4OS. The van der Waals surface area contributed by atoms with E-state index in [4.69, 9.17) is 0 Å². The van der Waals surface area contributed by atoms with Crippen molar-refractivity contribution in [2.24, 2.45) is 0 Å². The molecule has 0 unspecified atom stereocenters. The van der Waals surface area contributed by atoms with Gasteiger partial charge in [0.15, 0.2) is 5.16 Å². The summed E-state index contributed by atoms with van der Waals surface area (Å²) >= 11 is 1.53. The second-order valence-electron chi connectivity index (χ2n) is 4.26. The lowest BCUT2D eigenvalue weighted by atomic mass is 10.2. The maximum atomic E-state index is 9.29. The first-order valence-electron chi connectivity index (χ1n) is 5.97. The maximum absolute atomic E-state index is 9.29. The predicted octanol–water partition coefficient (Wildman–Crippen LogP) is 2.25. The SMILES string of the molecule is CSc1nc2c(c(Nc3ccc(O)cc3)n1)CNC2. The Kier molecular flexibility index (Phi) is 3.27. The van der Waals surface area contributed by atoms with E-state index in [0.717, 1.165) is 41.0 Å². The van der Waals surface area contributed by atoms with Crippen molar-refractivity contribution >= 4 is 23.3 Å². The van der Waals surface area contributed by atoms with Crippen molar-refractivity contribution in [1.29, 1.82) is 0 Å². The number of benzene rings is 1. The van der Waals surface area contributed by atoms with Crippen molar-refractivity contribution < 1.29 is 5.11 Å². The number of nitrogens with zero attached hydrogens (tertiary/aromatic N) is 2. The standard InChI is InChI=1S/C13H14N4OS/c1-19-13-16-11-7-14-6-10(11)12(17-13)15-8-2-4-9(18)5-3-8/h2-5,14,18H,6-7H2,1H3,(H,15,16,17). The van der Waals surface area contributed by atoms with Crippen LogP contribution in [-0.4, -0.2) is 21.3 Å². The van der Waals surface area contributed by atoms with Crippen LogP contribution < -0.4 is 10.6 Å². The summed E-state index contributed by atoms with van der Waals surface area (Å²) in [5.41, 5.74) is 3.07. The average Bonchev–Trinajstić information content (AvgIpc) is 2.89. The molecule has 1 aromatic heterocycles. The van der Waals surface area contributed by atoms with E-state index in [1.54, 1.807) is 12.1 Å². The Bertz CT molecular complexity index is 600. The van der Waals surface area contributed by atoms with Crippen molar-refractivity contribution in [3.63, 3.8) is 0 Å². The summed E-state index contributed by atoms with van der Waals surface area (Å²) in [7, 11) is 0. The van der Waals surface area contributed by atoms with E-state index in [0.29, 0.717) is 0 Å². The first-order valence-corrected chi connectivity index (χ1v) is 7.19. The van der Waals surface area contributed by atoms with Gasteiger partial charge in [-0.25, -0.2) is 9.97 Å². The number of fused-ring (bicyclic) bond motifs is 1. The molecular weight excluding hydrogens is 260 g/mol. The third-order valence-electron chi connectivity index (χ3n) is 2.98. The highest BCUT2D eigenvalue weighted by molar-refractivity contribution is 7.98. The summed E-state index contributed by atoms with van der Waals surface area (Å²) in [4.78, 5) is 9.02. The average molecular weight is 274 g/mol. The number of phenols is 1. The molecule has 0 radical (unpaired) electrons. The molecule has 5 nitrogen and oxygen atoms in total. The minimum absolute atomic E-state index is 0.255. The van der Waals surface area contributed by atoms with Crippen LogP contribution in [0.15, 0.2) is 29.4 Å². The van der Waals surface area contributed by atoms with E-state index in [-0.39, 0.29) is 5.75 Å². The molecule has 0 bridgehead atoms. The Morgan fingerprint density at radius 1 is 1.21 bits per heavy atom. The molecule has 0 amide bonds. The van der Waals surface area contributed by atoms with Crippen LogP contribution in [0.4, 0.5) is 11.5 Å². The Labute approximate surface area is 115 Å². The van der Waals surface area contributed by atoms with Gasteiger partial charge in [0, 0.05) is 24.3 Å². The van der Waals surface area contributed by atoms with Crippen LogP contribution in [-0.2, 0) is 13.1 Å². The zero-order valence-corrected chi connectivity index (χ0v) is 11.3. The molecule has 0 aliphatic carbocycles. The smallest absolute Gasteiger partial charge is 0.189 e. The second-order valence-corrected chi connectivity index (χ2v) is 5.03. The van der Waals surface area contributed by atoms with Crippen LogP contribution >= 0.6 is 11.8 Å². The number of hydrogen-bond donors (Lipinski definition) is 3. The third-order valence-corrected chi connectivity index (χ3v) is 3.53. The van der Waals surface area contributed by atoms with Gasteiger partial charge >= 0.3 is 0 Å². The Morgan fingerprint density at radius 2 is 2.00 bits per heavy atom. The van der Waals surface area contributed by atoms with Gasteiger partial charge in [-0.15, -0.1) is 0 Å². The van der Waals surface area contributed by atoms with Gasteiger partial charge < -0.3 is 15.7 Å². The summed E-state index contributed by atoms with van der Waals surface area (Å²) in [5.74, 6) is 1.09. The number of nitrogens with one attached hydrogen (secondary N) is 2. The number of anilines is 2. The predicted molar refractivity (Wildman–Crippen MR) is 75.7 cm³/mol. The van der Waals surface area contributed by atoms with Crippen molar-refractivity contribution in [3.05, 3.63) is 35.5 Å². The van der Waals surface area contributed by atoms with Gasteiger partial charge in [-0.3, -0.25) is 0 Å². The second kappa shape index (κ2) is 5.07. The van der Waals surface area contributed by atoms with Gasteiger partial charge in [-0.05, 0) is 30.5 Å². The topological polar surface area (TPSA) is 70.1 Å². The lowest BCUT2D eigenvalue weighted by molar-refractivity contribution is 0.475. The Balaban J connectivity index is 1.95. The zero-order chi connectivity index (χ0) is 13.2. The highest BCUT2D eigenvalue weighted by atomic mass is 32.2. The van der Waals surface area contributed by atoms with E-state index >= 15 is 0 Å². The fourth-order valence-electron chi connectivity index (χ4n) is 2.02. The summed E-state index contributed by atoms with van der Waals surface area (Å²) in [6, 6.07) is 6.95. The van der Waals surface area contributed by atoms with Gasteiger partial charge in [0.1, 0.15) is 11.6 Å². The monoisotopic (exact) mass is 274 g/mol. The van der Waals surface area contributed by atoms with Crippen LogP contribution in [0.3, 0.4) is 0 Å². The molecule has 6 heteroatoms. The van der Waals surface area contributed by atoms with Gasteiger partial charge in [0.25, 0.3) is 0 Å². The van der Waals surface area contributed by atoms with E-state index in [1.807, 2.05) is 18.4 Å². The Morgan fingerprint density at radius 3 is 2.74 bits per heavy atom. The quantitative estimate of drug-likeness (QED) is 0.453. The number of hydrogen-bond acceptors (Lipinski definition) is 6. The first kappa shape index (κ1) is 12.3. The molecule has 3 N–H and O–H groups in total. The molecule has 0 saturated carbocycles. The largest absolute Gasteiger partial charge is 0.508 e. The van der Waals surface area contributed by atoms with Crippen molar-refractivity contribution in [2.75, 3.05) is 11.6 Å². The number of phenolic OH excluding ortho intramolecular Hbond substituents is 1. The molecule has 0 saturated heterocycles. The molecule has 19 heavy (non-hydrogen) atoms. The highest BCUT2D eigenvalue weighted by Gasteiger charge is 2.18. The number of thioether (sulfide) groups is 1. The van der Waals surface area contributed by atoms with Crippen molar-refractivity contribution in [3.8, 4) is 5.75 Å². The van der Waals surface area contributed by atoms with Crippen LogP contribution in [0, 0.1) is 0 Å². The molecule has 1 aliphatic rings.